The molecule has 3 amide bonds. The number of carboxylic acids is 1. The number of thioether (sulfide) groups is 1. The zero-order chi connectivity index (χ0) is 27.8. The molecule has 208 valence electrons. The van der Waals surface area contributed by atoms with Crippen molar-refractivity contribution in [3.8, 4) is 0 Å². The third-order valence-electron chi connectivity index (χ3n) is 5.78. The lowest BCUT2D eigenvalue weighted by Gasteiger charge is -2.26. The van der Waals surface area contributed by atoms with Gasteiger partial charge in [-0.1, -0.05) is 44.2 Å². The number of unbranched alkanes of at least 4 members (excludes halogenated alkanes) is 1. The van der Waals surface area contributed by atoms with Crippen LogP contribution in [0.25, 0.3) is 0 Å². The van der Waals surface area contributed by atoms with Crippen LogP contribution in [0.2, 0.25) is 0 Å². The van der Waals surface area contributed by atoms with Crippen LogP contribution in [0.15, 0.2) is 30.3 Å². The second kappa shape index (κ2) is 17.8. The van der Waals surface area contributed by atoms with Crippen LogP contribution in [0.5, 0.6) is 0 Å². The summed E-state index contributed by atoms with van der Waals surface area (Å²) in [7, 11) is 0. The minimum absolute atomic E-state index is 0.0510. The van der Waals surface area contributed by atoms with Crippen LogP contribution in [0.4, 0.5) is 0 Å². The topological polar surface area (TPSA) is 177 Å². The SMILES string of the molecule is CSCCC(NC(=O)C(CC(C)C)NC(=O)C(CCCCN)NC(=O)C(N)Cc1ccccc1)C(=O)O. The predicted molar refractivity (Wildman–Crippen MR) is 147 cm³/mol. The molecular weight excluding hydrogens is 494 g/mol. The average Bonchev–Trinajstić information content (AvgIpc) is 2.85. The summed E-state index contributed by atoms with van der Waals surface area (Å²) in [5, 5.41) is 17.5. The Morgan fingerprint density at radius 2 is 1.49 bits per heavy atom. The van der Waals surface area contributed by atoms with E-state index in [0.29, 0.717) is 44.4 Å². The Hall–Kier alpha value is -2.63. The van der Waals surface area contributed by atoms with Gasteiger partial charge in [0.05, 0.1) is 6.04 Å². The van der Waals surface area contributed by atoms with Crippen molar-refractivity contribution in [3.63, 3.8) is 0 Å². The molecule has 0 heterocycles. The zero-order valence-electron chi connectivity index (χ0n) is 22.1. The Morgan fingerprint density at radius 1 is 0.892 bits per heavy atom. The highest BCUT2D eigenvalue weighted by molar-refractivity contribution is 7.98. The molecule has 37 heavy (non-hydrogen) atoms. The van der Waals surface area contributed by atoms with Gasteiger partial charge in [-0.3, -0.25) is 14.4 Å². The highest BCUT2D eigenvalue weighted by atomic mass is 32.2. The molecule has 0 saturated heterocycles. The molecule has 1 aromatic carbocycles. The molecule has 0 spiro atoms. The molecule has 0 radical (unpaired) electrons. The summed E-state index contributed by atoms with van der Waals surface area (Å²) in [5.41, 5.74) is 12.6. The highest BCUT2D eigenvalue weighted by Gasteiger charge is 2.30. The fraction of sp³-hybridized carbons (Fsp3) is 0.615. The van der Waals surface area contributed by atoms with Gasteiger partial charge >= 0.3 is 5.97 Å². The van der Waals surface area contributed by atoms with E-state index < -0.39 is 47.9 Å². The van der Waals surface area contributed by atoms with E-state index >= 15 is 0 Å². The van der Waals surface area contributed by atoms with Gasteiger partial charge in [-0.05, 0) is 68.6 Å². The largest absolute Gasteiger partial charge is 0.480 e. The van der Waals surface area contributed by atoms with E-state index in [4.69, 9.17) is 11.5 Å². The molecule has 0 bridgehead atoms. The number of nitrogens with two attached hydrogens (primary N) is 2. The molecule has 8 N–H and O–H groups in total. The normalized spacial score (nSPS) is 14.3. The second-order valence-electron chi connectivity index (χ2n) is 9.51. The van der Waals surface area contributed by atoms with E-state index in [-0.39, 0.29) is 12.3 Å². The maximum Gasteiger partial charge on any atom is 0.326 e. The first kappa shape index (κ1) is 32.4. The van der Waals surface area contributed by atoms with Gasteiger partial charge in [-0.25, -0.2) is 4.79 Å². The van der Waals surface area contributed by atoms with Gasteiger partial charge in [0, 0.05) is 0 Å². The minimum atomic E-state index is -1.13. The molecule has 1 aromatic rings. The minimum Gasteiger partial charge on any atom is -0.480 e. The van der Waals surface area contributed by atoms with Gasteiger partial charge in [-0.15, -0.1) is 0 Å². The maximum atomic E-state index is 13.2. The van der Waals surface area contributed by atoms with Crippen LogP contribution in [0.1, 0.15) is 51.5 Å². The Balaban J connectivity index is 2.95. The fourth-order valence-corrected chi connectivity index (χ4v) is 4.21. The molecule has 1 rings (SSSR count). The van der Waals surface area contributed by atoms with Crippen LogP contribution in [-0.2, 0) is 25.6 Å². The fourth-order valence-electron chi connectivity index (χ4n) is 3.74. The predicted octanol–water partition coefficient (Wildman–Crippen LogP) is 1.02. The molecule has 0 aliphatic carbocycles. The van der Waals surface area contributed by atoms with E-state index in [1.165, 1.54) is 11.8 Å². The van der Waals surface area contributed by atoms with Crippen molar-refractivity contribution in [1.29, 1.82) is 0 Å². The molecule has 4 unspecified atom stereocenters. The first-order chi connectivity index (χ1) is 17.6. The van der Waals surface area contributed by atoms with Gasteiger partial charge in [0.15, 0.2) is 0 Å². The Labute approximate surface area is 224 Å². The van der Waals surface area contributed by atoms with Crippen LogP contribution in [-0.4, -0.2) is 71.5 Å². The van der Waals surface area contributed by atoms with E-state index in [2.05, 4.69) is 16.0 Å². The Bertz CT molecular complexity index is 855. The average molecular weight is 538 g/mol. The van der Waals surface area contributed by atoms with Crippen molar-refractivity contribution >= 4 is 35.5 Å². The molecule has 0 saturated carbocycles. The van der Waals surface area contributed by atoms with Crippen molar-refractivity contribution in [3.05, 3.63) is 35.9 Å². The van der Waals surface area contributed by atoms with Crippen molar-refractivity contribution in [2.75, 3.05) is 18.6 Å². The van der Waals surface area contributed by atoms with Crippen LogP contribution in [0.3, 0.4) is 0 Å². The van der Waals surface area contributed by atoms with Crippen molar-refractivity contribution < 1.29 is 24.3 Å². The Morgan fingerprint density at radius 3 is 2.05 bits per heavy atom. The first-order valence-corrected chi connectivity index (χ1v) is 14.1. The number of rotatable bonds is 18. The Kier molecular flexibility index (Phi) is 15.6. The van der Waals surface area contributed by atoms with E-state index in [1.54, 1.807) is 0 Å². The number of nitrogens with one attached hydrogen (secondary N) is 3. The summed E-state index contributed by atoms with van der Waals surface area (Å²) in [6.07, 6.45) is 4.34. The van der Waals surface area contributed by atoms with Crippen molar-refractivity contribution in [2.24, 2.45) is 17.4 Å². The standard InChI is InChI=1S/C26H43N5O5S/c1-17(2)15-22(25(34)30-21(26(35)36)12-14-37-3)31-24(33)20(11-7-8-13-27)29-23(32)19(28)16-18-9-5-4-6-10-18/h4-6,9-10,17,19-22H,7-8,11-16,27-28H2,1-3H3,(H,29,32)(H,30,34)(H,31,33)(H,35,36). The summed E-state index contributed by atoms with van der Waals surface area (Å²) in [6.45, 7) is 4.25. The number of carbonyl (C=O) groups is 4. The van der Waals surface area contributed by atoms with Crippen molar-refractivity contribution in [2.45, 2.75) is 76.5 Å². The van der Waals surface area contributed by atoms with Gasteiger partial charge in [0.1, 0.15) is 18.1 Å². The summed E-state index contributed by atoms with van der Waals surface area (Å²) in [6, 6.07) is 5.58. The zero-order valence-corrected chi connectivity index (χ0v) is 22.9. The second-order valence-corrected chi connectivity index (χ2v) is 10.5. The first-order valence-electron chi connectivity index (χ1n) is 12.7. The van der Waals surface area contributed by atoms with Crippen molar-refractivity contribution in [1.82, 2.24) is 16.0 Å². The van der Waals surface area contributed by atoms with E-state index in [1.807, 2.05) is 50.4 Å². The number of aliphatic carboxylic acids is 1. The number of benzene rings is 1. The molecule has 10 nitrogen and oxygen atoms in total. The van der Waals surface area contributed by atoms with Crippen LogP contribution >= 0.6 is 11.8 Å². The molecule has 0 aliphatic rings. The van der Waals surface area contributed by atoms with Gasteiger partial charge < -0.3 is 32.5 Å². The van der Waals surface area contributed by atoms with Crippen LogP contribution < -0.4 is 27.4 Å². The summed E-state index contributed by atoms with van der Waals surface area (Å²) < 4.78 is 0. The molecule has 0 fully saturated rings. The number of amides is 3. The molecule has 0 aliphatic heterocycles. The van der Waals surface area contributed by atoms with Gasteiger partial charge in [0.2, 0.25) is 17.7 Å². The monoisotopic (exact) mass is 537 g/mol. The smallest absolute Gasteiger partial charge is 0.326 e. The molecule has 4 atom stereocenters. The summed E-state index contributed by atoms with van der Waals surface area (Å²) in [4.78, 5) is 50.7. The summed E-state index contributed by atoms with van der Waals surface area (Å²) in [5.74, 6) is -2.06. The number of hydrogen-bond acceptors (Lipinski definition) is 7. The quantitative estimate of drug-likeness (QED) is 0.150. The van der Waals surface area contributed by atoms with E-state index in [0.717, 1.165) is 5.56 Å². The summed E-state index contributed by atoms with van der Waals surface area (Å²) >= 11 is 1.48. The van der Waals surface area contributed by atoms with Crippen LogP contribution in [0, 0.1) is 5.92 Å². The molecular formula is C26H43N5O5S. The number of carboxylic acid groups (broad SMARTS) is 1. The lowest BCUT2D eigenvalue weighted by molar-refractivity contribution is -0.142. The number of hydrogen-bond donors (Lipinski definition) is 6. The highest BCUT2D eigenvalue weighted by Crippen LogP contribution is 2.10. The lowest BCUT2D eigenvalue weighted by Crippen LogP contribution is -2.57. The van der Waals surface area contributed by atoms with E-state index in [9.17, 15) is 24.3 Å². The molecule has 0 aromatic heterocycles. The molecule has 11 heteroatoms. The number of carbonyl (C=O) groups excluding carboxylic acids is 3. The third kappa shape index (κ3) is 12.9. The lowest BCUT2D eigenvalue weighted by atomic mass is 10.0. The third-order valence-corrected chi connectivity index (χ3v) is 6.42. The van der Waals surface area contributed by atoms with Gasteiger partial charge in [0.25, 0.3) is 0 Å². The maximum absolute atomic E-state index is 13.2. The van der Waals surface area contributed by atoms with Gasteiger partial charge in [-0.2, -0.15) is 11.8 Å².